The second kappa shape index (κ2) is 5.41. The van der Waals surface area contributed by atoms with Gasteiger partial charge in [0.05, 0.1) is 19.8 Å². The average molecular weight is 246 g/mol. The molecular formula is C16H22O2. The number of hydrogen-bond donors (Lipinski definition) is 0. The van der Waals surface area contributed by atoms with Gasteiger partial charge >= 0.3 is 0 Å². The SMILES string of the molecule is c1ccc(C2(C3CCCCC3)COCCO2)cc1. The van der Waals surface area contributed by atoms with Gasteiger partial charge in [-0.05, 0) is 24.3 Å². The molecule has 1 aliphatic heterocycles. The minimum Gasteiger partial charge on any atom is -0.376 e. The van der Waals surface area contributed by atoms with Crippen molar-refractivity contribution in [3.8, 4) is 0 Å². The predicted molar refractivity (Wildman–Crippen MR) is 71.5 cm³/mol. The highest BCUT2D eigenvalue weighted by atomic mass is 16.6. The second-order valence-electron chi connectivity index (χ2n) is 5.49. The Labute approximate surface area is 109 Å². The van der Waals surface area contributed by atoms with Crippen LogP contribution in [-0.4, -0.2) is 19.8 Å². The standard InChI is InChI=1S/C16H22O2/c1-3-7-14(8-4-1)16(13-17-11-12-18-16)15-9-5-2-6-10-15/h1,3-4,7-8,15H,2,5-6,9-13H2. The molecule has 1 heterocycles. The third-order valence-corrected chi connectivity index (χ3v) is 4.43. The van der Waals surface area contributed by atoms with Crippen LogP contribution in [0.4, 0.5) is 0 Å². The van der Waals surface area contributed by atoms with Crippen LogP contribution in [0.2, 0.25) is 0 Å². The highest BCUT2D eigenvalue weighted by Gasteiger charge is 2.43. The van der Waals surface area contributed by atoms with E-state index in [1.165, 1.54) is 37.7 Å². The van der Waals surface area contributed by atoms with Gasteiger partial charge in [0, 0.05) is 0 Å². The summed E-state index contributed by atoms with van der Waals surface area (Å²) in [5.41, 5.74) is 1.12. The van der Waals surface area contributed by atoms with E-state index in [0.29, 0.717) is 5.92 Å². The first-order valence-electron chi connectivity index (χ1n) is 7.19. The minimum absolute atomic E-state index is 0.181. The van der Waals surface area contributed by atoms with Crippen molar-refractivity contribution in [1.82, 2.24) is 0 Å². The number of hydrogen-bond acceptors (Lipinski definition) is 2. The van der Waals surface area contributed by atoms with E-state index in [-0.39, 0.29) is 5.60 Å². The molecule has 0 amide bonds. The summed E-state index contributed by atoms with van der Waals surface area (Å²) in [7, 11) is 0. The second-order valence-corrected chi connectivity index (χ2v) is 5.49. The van der Waals surface area contributed by atoms with Crippen molar-refractivity contribution in [2.45, 2.75) is 37.7 Å². The lowest BCUT2D eigenvalue weighted by Crippen LogP contribution is -2.47. The molecule has 1 saturated heterocycles. The van der Waals surface area contributed by atoms with Crippen LogP contribution in [0, 0.1) is 5.92 Å². The molecule has 2 nitrogen and oxygen atoms in total. The van der Waals surface area contributed by atoms with E-state index in [9.17, 15) is 0 Å². The van der Waals surface area contributed by atoms with Gasteiger partial charge in [0.2, 0.25) is 0 Å². The largest absolute Gasteiger partial charge is 0.376 e. The van der Waals surface area contributed by atoms with Gasteiger partial charge in [0.15, 0.2) is 0 Å². The Balaban J connectivity index is 1.92. The summed E-state index contributed by atoms with van der Waals surface area (Å²) in [6.07, 6.45) is 6.60. The molecule has 2 fully saturated rings. The fourth-order valence-electron chi connectivity index (χ4n) is 3.48. The first-order valence-corrected chi connectivity index (χ1v) is 7.19. The number of rotatable bonds is 2. The third-order valence-electron chi connectivity index (χ3n) is 4.43. The molecule has 1 aliphatic carbocycles. The van der Waals surface area contributed by atoms with Gasteiger partial charge in [-0.15, -0.1) is 0 Å². The Kier molecular flexibility index (Phi) is 3.67. The van der Waals surface area contributed by atoms with E-state index in [0.717, 1.165) is 19.8 Å². The molecule has 18 heavy (non-hydrogen) atoms. The summed E-state index contributed by atoms with van der Waals surface area (Å²) in [5, 5.41) is 0. The number of ether oxygens (including phenoxy) is 2. The lowest BCUT2D eigenvalue weighted by Gasteiger charge is -2.45. The van der Waals surface area contributed by atoms with Crippen molar-refractivity contribution in [2.75, 3.05) is 19.8 Å². The summed E-state index contributed by atoms with van der Waals surface area (Å²) in [6.45, 7) is 2.19. The summed E-state index contributed by atoms with van der Waals surface area (Å²) < 4.78 is 12.0. The fourth-order valence-corrected chi connectivity index (χ4v) is 3.48. The van der Waals surface area contributed by atoms with Crippen molar-refractivity contribution in [2.24, 2.45) is 5.92 Å². The van der Waals surface area contributed by atoms with Crippen LogP contribution in [0.5, 0.6) is 0 Å². The molecule has 0 aromatic heterocycles. The zero-order valence-corrected chi connectivity index (χ0v) is 10.9. The quantitative estimate of drug-likeness (QED) is 0.795. The van der Waals surface area contributed by atoms with Crippen molar-refractivity contribution in [3.63, 3.8) is 0 Å². The third kappa shape index (κ3) is 2.19. The lowest BCUT2D eigenvalue weighted by atomic mass is 9.73. The Morgan fingerprint density at radius 3 is 2.39 bits per heavy atom. The molecule has 1 atom stereocenters. The molecule has 1 aromatic carbocycles. The molecular weight excluding hydrogens is 224 g/mol. The maximum atomic E-state index is 6.27. The molecule has 0 bridgehead atoms. The molecule has 2 aliphatic rings. The Bertz CT molecular complexity index is 362. The molecule has 0 radical (unpaired) electrons. The van der Waals surface area contributed by atoms with Crippen LogP contribution in [0.25, 0.3) is 0 Å². The van der Waals surface area contributed by atoms with Gasteiger partial charge in [0.25, 0.3) is 0 Å². The van der Waals surface area contributed by atoms with Gasteiger partial charge in [-0.25, -0.2) is 0 Å². The maximum absolute atomic E-state index is 6.27. The first kappa shape index (κ1) is 12.2. The zero-order chi connectivity index (χ0) is 12.3. The van der Waals surface area contributed by atoms with Crippen LogP contribution in [0.1, 0.15) is 37.7 Å². The van der Waals surface area contributed by atoms with Gasteiger partial charge in [-0.3, -0.25) is 0 Å². The average Bonchev–Trinajstić information content (AvgIpc) is 2.50. The summed E-state index contributed by atoms with van der Waals surface area (Å²) in [5.74, 6) is 0.619. The van der Waals surface area contributed by atoms with Crippen LogP contribution in [0.15, 0.2) is 30.3 Å². The van der Waals surface area contributed by atoms with E-state index >= 15 is 0 Å². The van der Waals surface area contributed by atoms with Gasteiger partial charge in [-0.2, -0.15) is 0 Å². The van der Waals surface area contributed by atoms with Crippen molar-refractivity contribution in [1.29, 1.82) is 0 Å². The van der Waals surface area contributed by atoms with Gasteiger partial charge in [-0.1, -0.05) is 49.6 Å². The van der Waals surface area contributed by atoms with E-state index in [2.05, 4.69) is 30.3 Å². The lowest BCUT2D eigenvalue weighted by molar-refractivity contribution is -0.195. The molecule has 0 N–H and O–H groups in total. The van der Waals surface area contributed by atoms with Crippen LogP contribution in [0.3, 0.4) is 0 Å². The van der Waals surface area contributed by atoms with Crippen LogP contribution < -0.4 is 0 Å². The summed E-state index contributed by atoms with van der Waals surface area (Å²) >= 11 is 0. The highest BCUT2D eigenvalue weighted by Crippen LogP contribution is 2.43. The normalized spacial score (nSPS) is 30.2. The smallest absolute Gasteiger partial charge is 0.119 e. The molecule has 2 heteroatoms. The van der Waals surface area contributed by atoms with Crippen LogP contribution in [-0.2, 0) is 15.1 Å². The first-order chi connectivity index (χ1) is 8.92. The van der Waals surface area contributed by atoms with E-state index < -0.39 is 0 Å². The highest BCUT2D eigenvalue weighted by molar-refractivity contribution is 5.24. The minimum atomic E-state index is -0.181. The molecule has 98 valence electrons. The molecule has 0 spiro atoms. The van der Waals surface area contributed by atoms with Gasteiger partial charge < -0.3 is 9.47 Å². The maximum Gasteiger partial charge on any atom is 0.119 e. The topological polar surface area (TPSA) is 18.5 Å². The molecule has 1 saturated carbocycles. The van der Waals surface area contributed by atoms with E-state index in [1.54, 1.807) is 0 Å². The molecule has 1 unspecified atom stereocenters. The number of benzene rings is 1. The Morgan fingerprint density at radius 2 is 1.72 bits per heavy atom. The van der Waals surface area contributed by atoms with E-state index in [4.69, 9.17) is 9.47 Å². The van der Waals surface area contributed by atoms with Crippen molar-refractivity contribution >= 4 is 0 Å². The Morgan fingerprint density at radius 1 is 0.944 bits per heavy atom. The van der Waals surface area contributed by atoms with Gasteiger partial charge in [0.1, 0.15) is 5.60 Å². The fraction of sp³-hybridized carbons (Fsp3) is 0.625. The monoisotopic (exact) mass is 246 g/mol. The predicted octanol–water partition coefficient (Wildman–Crippen LogP) is 3.51. The zero-order valence-electron chi connectivity index (χ0n) is 10.9. The Hall–Kier alpha value is -0.860. The van der Waals surface area contributed by atoms with Crippen molar-refractivity contribution in [3.05, 3.63) is 35.9 Å². The molecule has 1 aromatic rings. The van der Waals surface area contributed by atoms with E-state index in [1.807, 2.05) is 0 Å². The van der Waals surface area contributed by atoms with Crippen molar-refractivity contribution < 1.29 is 9.47 Å². The van der Waals surface area contributed by atoms with Crippen LogP contribution >= 0.6 is 0 Å². The summed E-state index contributed by atoms with van der Waals surface area (Å²) in [6, 6.07) is 10.7. The summed E-state index contributed by atoms with van der Waals surface area (Å²) in [4.78, 5) is 0. The molecule has 3 rings (SSSR count).